The molecule has 0 heterocycles. The Bertz CT molecular complexity index is 365. The van der Waals surface area contributed by atoms with E-state index in [9.17, 15) is 14.7 Å². The molecule has 1 saturated carbocycles. The molecular formula is C14H22N2O3. The van der Waals surface area contributed by atoms with Crippen LogP contribution < -0.4 is 10.6 Å². The minimum Gasteiger partial charge on any atom is -0.480 e. The maximum atomic E-state index is 11.7. The molecule has 5 nitrogen and oxygen atoms in total. The lowest BCUT2D eigenvalue weighted by atomic mass is 9.77. The van der Waals surface area contributed by atoms with Crippen molar-refractivity contribution in [1.29, 1.82) is 0 Å². The largest absolute Gasteiger partial charge is 0.480 e. The SMILES string of the molecule is C#CCCCNC(=O)NC1(C(=O)O)CCC(C)CC1. The van der Waals surface area contributed by atoms with Crippen LogP contribution in [0.3, 0.4) is 0 Å². The summed E-state index contributed by atoms with van der Waals surface area (Å²) >= 11 is 0. The van der Waals surface area contributed by atoms with E-state index in [0.717, 1.165) is 12.8 Å². The molecule has 0 saturated heterocycles. The van der Waals surface area contributed by atoms with Gasteiger partial charge in [-0.2, -0.15) is 0 Å². The standard InChI is InChI=1S/C14H22N2O3/c1-3-4-5-10-15-13(19)16-14(12(17)18)8-6-11(2)7-9-14/h1,11H,4-10H2,2H3,(H,17,18)(H2,15,16,19). The van der Waals surface area contributed by atoms with Gasteiger partial charge in [0.05, 0.1) is 0 Å². The van der Waals surface area contributed by atoms with E-state index in [-0.39, 0.29) is 0 Å². The highest BCUT2D eigenvalue weighted by atomic mass is 16.4. The lowest BCUT2D eigenvalue weighted by Gasteiger charge is -2.36. The molecule has 5 heteroatoms. The van der Waals surface area contributed by atoms with E-state index < -0.39 is 17.5 Å². The Balaban J connectivity index is 2.48. The van der Waals surface area contributed by atoms with Gasteiger partial charge in [-0.15, -0.1) is 12.3 Å². The molecule has 0 radical (unpaired) electrons. The first kappa shape index (κ1) is 15.4. The number of hydrogen-bond acceptors (Lipinski definition) is 2. The highest BCUT2D eigenvalue weighted by Gasteiger charge is 2.42. The smallest absolute Gasteiger partial charge is 0.329 e. The Morgan fingerprint density at radius 1 is 1.42 bits per heavy atom. The molecule has 19 heavy (non-hydrogen) atoms. The molecule has 0 bridgehead atoms. The minimum absolute atomic E-state index is 0.422. The van der Waals surface area contributed by atoms with Crippen LogP contribution in [0.4, 0.5) is 4.79 Å². The molecule has 3 N–H and O–H groups in total. The molecule has 0 aliphatic heterocycles. The van der Waals surface area contributed by atoms with Crippen molar-refractivity contribution in [3.8, 4) is 12.3 Å². The molecule has 1 fully saturated rings. The zero-order valence-corrected chi connectivity index (χ0v) is 11.4. The van der Waals surface area contributed by atoms with Crippen LogP contribution in [0.1, 0.15) is 45.4 Å². The molecule has 106 valence electrons. The minimum atomic E-state index is -1.11. The van der Waals surface area contributed by atoms with Crippen molar-refractivity contribution in [2.45, 2.75) is 51.0 Å². The van der Waals surface area contributed by atoms with E-state index in [1.807, 2.05) is 0 Å². The topological polar surface area (TPSA) is 78.4 Å². The van der Waals surface area contributed by atoms with Gasteiger partial charge in [-0.05, 0) is 38.0 Å². The maximum Gasteiger partial charge on any atom is 0.329 e. The summed E-state index contributed by atoms with van der Waals surface area (Å²) in [5.41, 5.74) is -1.11. The van der Waals surface area contributed by atoms with Gasteiger partial charge in [0.2, 0.25) is 0 Å². The number of carbonyl (C=O) groups excluding carboxylic acids is 1. The van der Waals surface area contributed by atoms with Crippen LogP contribution in [-0.4, -0.2) is 29.2 Å². The third-order valence-electron chi connectivity index (χ3n) is 3.67. The molecule has 1 rings (SSSR count). The lowest BCUT2D eigenvalue weighted by Crippen LogP contribution is -2.58. The van der Waals surface area contributed by atoms with E-state index >= 15 is 0 Å². The molecule has 0 aromatic rings. The van der Waals surface area contributed by atoms with E-state index in [1.165, 1.54) is 0 Å². The molecular weight excluding hydrogens is 244 g/mol. The van der Waals surface area contributed by atoms with Crippen LogP contribution in [-0.2, 0) is 4.79 Å². The summed E-state index contributed by atoms with van der Waals surface area (Å²) in [5.74, 6) is 2.06. The fraction of sp³-hybridized carbons (Fsp3) is 0.714. The number of rotatable bonds is 5. The second-order valence-corrected chi connectivity index (χ2v) is 5.26. The zero-order valence-electron chi connectivity index (χ0n) is 11.4. The Morgan fingerprint density at radius 2 is 2.05 bits per heavy atom. The van der Waals surface area contributed by atoms with Gasteiger partial charge in [0.1, 0.15) is 5.54 Å². The number of terminal acetylenes is 1. The van der Waals surface area contributed by atoms with Crippen LogP contribution in [0, 0.1) is 18.3 Å². The summed E-state index contributed by atoms with van der Waals surface area (Å²) in [6.07, 6.45) is 9.03. The van der Waals surface area contributed by atoms with E-state index in [1.54, 1.807) is 0 Å². The predicted molar refractivity (Wildman–Crippen MR) is 72.6 cm³/mol. The molecule has 0 unspecified atom stereocenters. The quantitative estimate of drug-likeness (QED) is 0.524. The number of unbranched alkanes of at least 4 members (excludes halogenated alkanes) is 1. The Morgan fingerprint density at radius 3 is 2.58 bits per heavy atom. The van der Waals surface area contributed by atoms with Crippen molar-refractivity contribution in [2.75, 3.05) is 6.54 Å². The first-order chi connectivity index (χ1) is 9.00. The lowest BCUT2D eigenvalue weighted by molar-refractivity contribution is -0.146. The zero-order chi connectivity index (χ0) is 14.3. The van der Waals surface area contributed by atoms with Crippen molar-refractivity contribution >= 4 is 12.0 Å². The Kier molecular flexibility index (Phi) is 5.68. The summed E-state index contributed by atoms with van der Waals surface area (Å²) in [4.78, 5) is 23.2. The molecule has 0 aromatic carbocycles. The van der Waals surface area contributed by atoms with Crippen LogP contribution in [0.15, 0.2) is 0 Å². The predicted octanol–water partition coefficient (Wildman–Crippen LogP) is 1.73. The second kappa shape index (κ2) is 7.03. The van der Waals surface area contributed by atoms with E-state index in [0.29, 0.717) is 38.1 Å². The van der Waals surface area contributed by atoms with Crippen molar-refractivity contribution in [1.82, 2.24) is 10.6 Å². The number of carboxylic acids is 1. The van der Waals surface area contributed by atoms with Crippen LogP contribution in [0.5, 0.6) is 0 Å². The molecule has 0 atom stereocenters. The monoisotopic (exact) mass is 266 g/mol. The van der Waals surface area contributed by atoms with Crippen LogP contribution in [0.2, 0.25) is 0 Å². The first-order valence-electron chi connectivity index (χ1n) is 6.73. The van der Waals surface area contributed by atoms with E-state index in [2.05, 4.69) is 23.5 Å². The number of carbonyl (C=O) groups is 2. The summed E-state index contributed by atoms with van der Waals surface area (Å²) < 4.78 is 0. The summed E-state index contributed by atoms with van der Waals surface area (Å²) in [5, 5.41) is 14.6. The highest BCUT2D eigenvalue weighted by molar-refractivity contribution is 5.86. The molecule has 0 aromatic heterocycles. The van der Waals surface area contributed by atoms with Crippen molar-refractivity contribution in [3.63, 3.8) is 0 Å². The highest BCUT2D eigenvalue weighted by Crippen LogP contribution is 2.32. The van der Waals surface area contributed by atoms with E-state index in [4.69, 9.17) is 6.42 Å². The number of amides is 2. The molecule has 1 aliphatic rings. The molecule has 1 aliphatic carbocycles. The van der Waals surface area contributed by atoms with Crippen molar-refractivity contribution in [3.05, 3.63) is 0 Å². The maximum absolute atomic E-state index is 11.7. The number of aliphatic carboxylic acids is 1. The van der Waals surface area contributed by atoms with Gasteiger partial charge < -0.3 is 15.7 Å². The summed E-state index contributed by atoms with van der Waals surface area (Å²) in [6, 6.07) is -0.422. The number of urea groups is 1. The van der Waals surface area contributed by atoms with Gasteiger partial charge in [-0.25, -0.2) is 9.59 Å². The van der Waals surface area contributed by atoms with Gasteiger partial charge in [0, 0.05) is 13.0 Å². The third kappa shape index (κ3) is 4.47. The van der Waals surface area contributed by atoms with Gasteiger partial charge in [0.25, 0.3) is 0 Å². The van der Waals surface area contributed by atoms with Crippen LogP contribution in [0.25, 0.3) is 0 Å². The number of hydrogen-bond donors (Lipinski definition) is 3. The molecule has 0 spiro atoms. The Hall–Kier alpha value is -1.70. The van der Waals surface area contributed by atoms with Crippen LogP contribution >= 0.6 is 0 Å². The second-order valence-electron chi connectivity index (χ2n) is 5.26. The van der Waals surface area contributed by atoms with Gasteiger partial charge in [0.15, 0.2) is 0 Å². The third-order valence-corrected chi connectivity index (χ3v) is 3.67. The average Bonchev–Trinajstić information content (AvgIpc) is 2.37. The van der Waals surface area contributed by atoms with Gasteiger partial charge in [-0.3, -0.25) is 0 Å². The number of carboxylic acid groups (broad SMARTS) is 1. The van der Waals surface area contributed by atoms with Crippen molar-refractivity contribution in [2.24, 2.45) is 5.92 Å². The van der Waals surface area contributed by atoms with Gasteiger partial charge >= 0.3 is 12.0 Å². The normalized spacial score (nSPS) is 26.2. The Labute approximate surface area is 114 Å². The fourth-order valence-electron chi connectivity index (χ4n) is 2.30. The van der Waals surface area contributed by atoms with Gasteiger partial charge in [-0.1, -0.05) is 6.92 Å². The fourth-order valence-corrected chi connectivity index (χ4v) is 2.30. The summed E-state index contributed by atoms with van der Waals surface area (Å²) in [6.45, 7) is 2.56. The number of nitrogens with one attached hydrogen (secondary N) is 2. The average molecular weight is 266 g/mol. The van der Waals surface area contributed by atoms with Crippen molar-refractivity contribution < 1.29 is 14.7 Å². The molecule has 2 amide bonds. The summed E-state index contributed by atoms with van der Waals surface area (Å²) in [7, 11) is 0. The first-order valence-corrected chi connectivity index (χ1v) is 6.73.